The van der Waals surface area contributed by atoms with Gasteiger partial charge in [-0.25, -0.2) is 0 Å². The summed E-state index contributed by atoms with van der Waals surface area (Å²) in [4.78, 5) is 14.1. The lowest BCUT2D eigenvalue weighted by Gasteiger charge is -2.35. The zero-order chi connectivity index (χ0) is 14.9. The minimum atomic E-state index is -0.560. The Morgan fingerprint density at radius 3 is 2.48 bits per heavy atom. The molecule has 114 valence electrons. The average Bonchev–Trinajstić information content (AvgIpc) is 3.27. The second-order valence-electron chi connectivity index (χ2n) is 6.54. The monoisotopic (exact) mass is 288 g/mol. The van der Waals surface area contributed by atoms with Crippen molar-refractivity contribution in [3.8, 4) is 0 Å². The fourth-order valence-corrected chi connectivity index (χ4v) is 3.17. The maximum atomic E-state index is 12.2. The molecule has 4 heteroatoms. The summed E-state index contributed by atoms with van der Waals surface area (Å²) in [6.07, 6.45) is 3.76. The van der Waals surface area contributed by atoms with Crippen molar-refractivity contribution in [3.63, 3.8) is 0 Å². The molecule has 1 aliphatic heterocycles. The molecular weight excluding hydrogens is 264 g/mol. The second-order valence-corrected chi connectivity index (χ2v) is 6.54. The number of aliphatic hydroxyl groups is 1. The van der Waals surface area contributed by atoms with Gasteiger partial charge in [-0.1, -0.05) is 30.3 Å². The van der Waals surface area contributed by atoms with Gasteiger partial charge in [-0.3, -0.25) is 4.79 Å². The largest absolute Gasteiger partial charge is 0.392 e. The van der Waals surface area contributed by atoms with Crippen LogP contribution in [-0.4, -0.2) is 40.6 Å². The number of carbonyl (C=O) groups excluding carboxylic acids is 1. The normalized spacial score (nSPS) is 22.9. The van der Waals surface area contributed by atoms with Crippen LogP contribution in [0.3, 0.4) is 0 Å². The number of aliphatic hydroxyl groups excluding tert-OH is 1. The molecule has 1 saturated carbocycles. The van der Waals surface area contributed by atoms with Gasteiger partial charge in [0.1, 0.15) is 0 Å². The molecule has 1 atom stereocenters. The first-order chi connectivity index (χ1) is 10.1. The Kier molecular flexibility index (Phi) is 4.00. The van der Waals surface area contributed by atoms with Crippen molar-refractivity contribution in [2.45, 2.75) is 43.7 Å². The number of hydrogen-bond acceptors (Lipinski definition) is 3. The van der Waals surface area contributed by atoms with Gasteiger partial charge in [0.05, 0.1) is 11.6 Å². The number of amides is 1. The Bertz CT molecular complexity index is 491. The van der Waals surface area contributed by atoms with Crippen LogP contribution in [0.4, 0.5) is 0 Å². The van der Waals surface area contributed by atoms with Gasteiger partial charge < -0.3 is 15.7 Å². The SMILES string of the molecule is NC1(C(=O)N2CCC([C@H](O)Cc3ccccc3)CC2)CC1. The predicted molar refractivity (Wildman–Crippen MR) is 81.6 cm³/mol. The third-order valence-corrected chi connectivity index (χ3v) is 4.87. The van der Waals surface area contributed by atoms with E-state index in [2.05, 4.69) is 0 Å². The van der Waals surface area contributed by atoms with Crippen molar-refractivity contribution in [2.24, 2.45) is 11.7 Å². The Morgan fingerprint density at radius 2 is 1.90 bits per heavy atom. The van der Waals surface area contributed by atoms with Gasteiger partial charge in [0.15, 0.2) is 0 Å². The summed E-state index contributed by atoms with van der Waals surface area (Å²) in [6, 6.07) is 10.1. The van der Waals surface area contributed by atoms with Crippen LogP contribution in [0.15, 0.2) is 30.3 Å². The lowest BCUT2D eigenvalue weighted by Crippen LogP contribution is -2.49. The van der Waals surface area contributed by atoms with Crippen molar-refractivity contribution >= 4 is 5.91 Å². The van der Waals surface area contributed by atoms with Crippen molar-refractivity contribution in [2.75, 3.05) is 13.1 Å². The number of piperidine rings is 1. The molecule has 2 aliphatic rings. The molecule has 2 fully saturated rings. The highest BCUT2D eigenvalue weighted by Gasteiger charge is 2.48. The van der Waals surface area contributed by atoms with E-state index >= 15 is 0 Å². The fraction of sp³-hybridized carbons (Fsp3) is 0.588. The number of nitrogens with zero attached hydrogens (tertiary/aromatic N) is 1. The number of benzene rings is 1. The summed E-state index contributed by atoms with van der Waals surface area (Å²) in [5.41, 5.74) is 6.59. The highest BCUT2D eigenvalue weighted by atomic mass is 16.3. The van der Waals surface area contributed by atoms with Gasteiger partial charge in [0.25, 0.3) is 0 Å². The first-order valence-corrected chi connectivity index (χ1v) is 7.89. The molecular formula is C17H24N2O2. The van der Waals surface area contributed by atoms with Crippen LogP contribution in [0.1, 0.15) is 31.2 Å². The summed E-state index contributed by atoms with van der Waals surface area (Å²) >= 11 is 0. The first-order valence-electron chi connectivity index (χ1n) is 7.89. The van der Waals surface area contributed by atoms with Crippen molar-refractivity contribution < 1.29 is 9.90 Å². The molecule has 3 rings (SSSR count). The summed E-state index contributed by atoms with van der Waals surface area (Å²) in [5.74, 6) is 0.390. The average molecular weight is 288 g/mol. The minimum absolute atomic E-state index is 0.110. The summed E-state index contributed by atoms with van der Waals surface area (Å²) in [6.45, 7) is 1.46. The number of hydrogen-bond donors (Lipinski definition) is 2. The lowest BCUT2D eigenvalue weighted by molar-refractivity contribution is -0.135. The Morgan fingerprint density at radius 1 is 1.29 bits per heavy atom. The van der Waals surface area contributed by atoms with Crippen molar-refractivity contribution in [3.05, 3.63) is 35.9 Å². The summed E-state index contributed by atoms with van der Waals surface area (Å²) in [7, 11) is 0. The van der Waals surface area contributed by atoms with Crippen LogP contribution in [0.5, 0.6) is 0 Å². The first kappa shape index (κ1) is 14.5. The van der Waals surface area contributed by atoms with E-state index in [-0.39, 0.29) is 17.9 Å². The third kappa shape index (κ3) is 3.27. The molecule has 1 saturated heterocycles. The van der Waals surface area contributed by atoms with Crippen molar-refractivity contribution in [1.29, 1.82) is 0 Å². The van der Waals surface area contributed by atoms with Gasteiger partial charge in [-0.05, 0) is 43.6 Å². The summed E-state index contributed by atoms with van der Waals surface area (Å²) in [5, 5.41) is 10.4. The molecule has 1 aliphatic carbocycles. The molecule has 1 aromatic rings. The second kappa shape index (κ2) is 5.78. The topological polar surface area (TPSA) is 66.6 Å². The van der Waals surface area contributed by atoms with E-state index in [1.807, 2.05) is 35.2 Å². The quantitative estimate of drug-likeness (QED) is 0.878. The standard InChI is InChI=1S/C17H24N2O2/c18-17(8-9-17)16(21)19-10-6-14(7-11-19)15(20)12-13-4-2-1-3-5-13/h1-5,14-15,20H,6-12,18H2/t15-/m1/s1. The van der Waals surface area contributed by atoms with E-state index in [1.54, 1.807) is 0 Å². The Balaban J connectivity index is 1.50. The number of rotatable bonds is 4. The molecule has 4 nitrogen and oxygen atoms in total. The molecule has 0 spiro atoms. The van der Waals surface area contributed by atoms with Gasteiger partial charge in [0, 0.05) is 13.1 Å². The molecule has 1 heterocycles. The Labute approximate surface area is 125 Å². The number of carbonyl (C=O) groups is 1. The summed E-state index contributed by atoms with van der Waals surface area (Å²) < 4.78 is 0. The van der Waals surface area contributed by atoms with Crippen LogP contribution < -0.4 is 5.73 Å². The molecule has 1 amide bonds. The molecule has 21 heavy (non-hydrogen) atoms. The van der Waals surface area contributed by atoms with E-state index < -0.39 is 5.54 Å². The van der Waals surface area contributed by atoms with Crippen molar-refractivity contribution in [1.82, 2.24) is 4.90 Å². The third-order valence-electron chi connectivity index (χ3n) is 4.87. The highest BCUT2D eigenvalue weighted by Crippen LogP contribution is 2.35. The maximum Gasteiger partial charge on any atom is 0.242 e. The van der Waals surface area contributed by atoms with E-state index in [4.69, 9.17) is 5.73 Å². The number of nitrogens with two attached hydrogens (primary N) is 1. The molecule has 0 bridgehead atoms. The fourth-order valence-electron chi connectivity index (χ4n) is 3.17. The zero-order valence-corrected chi connectivity index (χ0v) is 12.4. The van der Waals surface area contributed by atoms with E-state index in [9.17, 15) is 9.90 Å². The van der Waals surface area contributed by atoms with Gasteiger partial charge in [-0.2, -0.15) is 0 Å². The highest BCUT2D eigenvalue weighted by molar-refractivity contribution is 5.89. The van der Waals surface area contributed by atoms with Crippen LogP contribution in [0.2, 0.25) is 0 Å². The van der Waals surface area contributed by atoms with E-state index in [0.717, 1.165) is 38.8 Å². The molecule has 3 N–H and O–H groups in total. The Hall–Kier alpha value is -1.39. The van der Waals surface area contributed by atoms with Gasteiger partial charge >= 0.3 is 0 Å². The lowest BCUT2D eigenvalue weighted by atomic mass is 9.87. The van der Waals surface area contributed by atoms with E-state index in [1.165, 1.54) is 5.56 Å². The predicted octanol–water partition coefficient (Wildman–Crippen LogP) is 1.32. The number of likely N-dealkylation sites (tertiary alicyclic amines) is 1. The van der Waals surface area contributed by atoms with Crippen LogP contribution >= 0.6 is 0 Å². The molecule has 0 unspecified atom stereocenters. The maximum absolute atomic E-state index is 12.2. The molecule has 0 radical (unpaired) electrons. The minimum Gasteiger partial charge on any atom is -0.392 e. The van der Waals surface area contributed by atoms with Gasteiger partial charge in [0.2, 0.25) is 5.91 Å². The van der Waals surface area contributed by atoms with Crippen LogP contribution in [0, 0.1) is 5.92 Å². The van der Waals surface area contributed by atoms with E-state index in [0.29, 0.717) is 6.42 Å². The smallest absolute Gasteiger partial charge is 0.242 e. The molecule has 1 aromatic carbocycles. The van der Waals surface area contributed by atoms with Gasteiger partial charge in [-0.15, -0.1) is 0 Å². The zero-order valence-electron chi connectivity index (χ0n) is 12.4. The van der Waals surface area contributed by atoms with Crippen LogP contribution in [-0.2, 0) is 11.2 Å². The molecule has 0 aromatic heterocycles. The van der Waals surface area contributed by atoms with Crippen LogP contribution in [0.25, 0.3) is 0 Å².